The molecule has 0 unspecified atom stereocenters. The van der Waals surface area contributed by atoms with E-state index in [0.717, 1.165) is 30.4 Å². The van der Waals surface area contributed by atoms with Crippen LogP contribution >= 0.6 is 0 Å². The number of hydrogen-bond donors (Lipinski definition) is 0. The predicted octanol–water partition coefficient (Wildman–Crippen LogP) is 6.88. The Balaban J connectivity index is 1.48. The van der Waals surface area contributed by atoms with E-state index >= 15 is 0 Å². The summed E-state index contributed by atoms with van der Waals surface area (Å²) in [7, 11) is 0. The maximum atomic E-state index is 12.5. The highest BCUT2D eigenvalue weighted by Gasteiger charge is 2.27. The summed E-state index contributed by atoms with van der Waals surface area (Å²) in [4.78, 5) is 12.5. The van der Waals surface area contributed by atoms with Crippen LogP contribution in [-0.2, 0) is 4.79 Å². The quantitative estimate of drug-likeness (QED) is 0.410. The van der Waals surface area contributed by atoms with Crippen LogP contribution < -0.4 is 4.74 Å². The molecule has 2 aliphatic rings. The van der Waals surface area contributed by atoms with Crippen molar-refractivity contribution < 1.29 is 9.53 Å². The lowest BCUT2D eigenvalue weighted by Crippen LogP contribution is -2.25. The van der Waals surface area contributed by atoms with Crippen molar-refractivity contribution in [2.24, 2.45) is 17.8 Å². The number of hydrogen-bond acceptors (Lipinski definition) is 2. The number of rotatable bonds is 6. The van der Waals surface area contributed by atoms with Gasteiger partial charge >= 0.3 is 5.97 Å². The third kappa shape index (κ3) is 5.11. The third-order valence-corrected chi connectivity index (χ3v) is 6.87. The minimum Gasteiger partial charge on any atom is -0.426 e. The zero-order valence-corrected chi connectivity index (χ0v) is 16.7. The summed E-state index contributed by atoms with van der Waals surface area (Å²) in [5.74, 6) is 3.25. The summed E-state index contributed by atoms with van der Waals surface area (Å²) in [6, 6.07) is 8.36. The number of esters is 1. The molecule has 144 valence electrons. The lowest BCUT2D eigenvalue weighted by atomic mass is 9.78. The zero-order chi connectivity index (χ0) is 18.4. The topological polar surface area (TPSA) is 26.3 Å². The van der Waals surface area contributed by atoms with Gasteiger partial charge in [-0.2, -0.15) is 0 Å². The summed E-state index contributed by atoms with van der Waals surface area (Å²) in [6.45, 7) is 4.56. The van der Waals surface area contributed by atoms with E-state index in [1.54, 1.807) is 0 Å². The number of ether oxygens (including phenoxy) is 1. The van der Waals surface area contributed by atoms with Crippen LogP contribution in [0.4, 0.5) is 0 Å². The molecule has 0 amide bonds. The van der Waals surface area contributed by atoms with Crippen molar-refractivity contribution >= 4 is 5.97 Å². The normalized spacial score (nSPS) is 29.3. The molecule has 0 saturated heterocycles. The minimum absolute atomic E-state index is 0.0175. The van der Waals surface area contributed by atoms with Crippen LogP contribution in [0.5, 0.6) is 5.75 Å². The zero-order valence-electron chi connectivity index (χ0n) is 16.7. The van der Waals surface area contributed by atoms with Crippen LogP contribution in [-0.4, -0.2) is 5.97 Å². The van der Waals surface area contributed by atoms with Crippen LogP contribution in [0.15, 0.2) is 24.3 Å². The van der Waals surface area contributed by atoms with Gasteiger partial charge in [-0.1, -0.05) is 45.2 Å². The molecule has 0 heterocycles. The monoisotopic (exact) mass is 356 g/mol. The molecule has 0 N–H and O–H groups in total. The molecule has 2 saturated carbocycles. The summed E-state index contributed by atoms with van der Waals surface area (Å²) in [5.41, 5.74) is 1.42. The Bertz CT molecular complexity index is 546. The van der Waals surface area contributed by atoms with Gasteiger partial charge in [-0.25, -0.2) is 0 Å². The lowest BCUT2D eigenvalue weighted by Gasteiger charge is -2.28. The van der Waals surface area contributed by atoms with Gasteiger partial charge in [0.1, 0.15) is 5.75 Å². The lowest BCUT2D eigenvalue weighted by molar-refractivity contribution is -0.140. The highest BCUT2D eigenvalue weighted by atomic mass is 16.5. The number of benzene rings is 1. The van der Waals surface area contributed by atoms with E-state index in [0.29, 0.717) is 5.92 Å². The SMILES string of the molecule is CCCC1CCC(C(=O)Oc2ccc(C3CCC(CC)CC3)cc2)CC1. The molecule has 3 rings (SSSR count). The fourth-order valence-corrected chi connectivity index (χ4v) is 5.01. The number of carbonyl (C=O) groups excluding carboxylic acids is 1. The first-order chi connectivity index (χ1) is 12.7. The smallest absolute Gasteiger partial charge is 0.314 e. The Labute approximate surface area is 159 Å². The maximum Gasteiger partial charge on any atom is 0.314 e. The highest BCUT2D eigenvalue weighted by molar-refractivity contribution is 5.75. The molecule has 1 aromatic rings. The molecule has 0 atom stereocenters. The molecule has 0 radical (unpaired) electrons. The van der Waals surface area contributed by atoms with Crippen molar-refractivity contribution in [3.63, 3.8) is 0 Å². The molecule has 2 heteroatoms. The number of carbonyl (C=O) groups is 1. The van der Waals surface area contributed by atoms with Gasteiger partial charge in [0.25, 0.3) is 0 Å². The fourth-order valence-electron chi connectivity index (χ4n) is 5.01. The first kappa shape index (κ1) is 19.5. The van der Waals surface area contributed by atoms with E-state index in [-0.39, 0.29) is 11.9 Å². The molecule has 0 aliphatic heterocycles. The minimum atomic E-state index is -0.0175. The third-order valence-electron chi connectivity index (χ3n) is 6.87. The van der Waals surface area contributed by atoms with Crippen LogP contribution in [0.1, 0.15) is 96.0 Å². The second-order valence-corrected chi connectivity index (χ2v) is 8.62. The van der Waals surface area contributed by atoms with E-state index in [1.165, 1.54) is 63.4 Å². The molecule has 0 spiro atoms. The van der Waals surface area contributed by atoms with Crippen molar-refractivity contribution in [1.29, 1.82) is 0 Å². The van der Waals surface area contributed by atoms with Crippen molar-refractivity contribution in [1.82, 2.24) is 0 Å². The molecule has 1 aromatic carbocycles. The average molecular weight is 357 g/mol. The Kier molecular flexibility index (Phi) is 7.16. The molecular formula is C24H36O2. The van der Waals surface area contributed by atoms with Crippen LogP contribution in [0.2, 0.25) is 0 Å². The second kappa shape index (κ2) is 9.58. The Morgan fingerprint density at radius 2 is 1.50 bits per heavy atom. The van der Waals surface area contributed by atoms with Crippen molar-refractivity contribution in [2.45, 2.75) is 90.4 Å². The molecule has 2 fully saturated rings. The van der Waals surface area contributed by atoms with Gasteiger partial charge in [-0.05, 0) is 86.8 Å². The summed E-state index contributed by atoms with van der Waals surface area (Å²) < 4.78 is 5.69. The van der Waals surface area contributed by atoms with E-state index in [9.17, 15) is 4.79 Å². The van der Waals surface area contributed by atoms with E-state index in [2.05, 4.69) is 26.0 Å². The molecule has 2 nitrogen and oxygen atoms in total. The molecule has 0 aromatic heterocycles. The first-order valence-corrected chi connectivity index (χ1v) is 11.0. The Hall–Kier alpha value is -1.31. The summed E-state index contributed by atoms with van der Waals surface area (Å²) >= 11 is 0. The highest BCUT2D eigenvalue weighted by Crippen LogP contribution is 2.37. The van der Waals surface area contributed by atoms with Crippen LogP contribution in [0.25, 0.3) is 0 Å². The molecular weight excluding hydrogens is 320 g/mol. The first-order valence-electron chi connectivity index (χ1n) is 11.0. The van der Waals surface area contributed by atoms with E-state index < -0.39 is 0 Å². The van der Waals surface area contributed by atoms with Crippen molar-refractivity contribution in [2.75, 3.05) is 0 Å². The fraction of sp³-hybridized carbons (Fsp3) is 0.708. The van der Waals surface area contributed by atoms with Crippen LogP contribution in [0, 0.1) is 17.8 Å². The predicted molar refractivity (Wildman–Crippen MR) is 107 cm³/mol. The largest absolute Gasteiger partial charge is 0.426 e. The molecule has 0 bridgehead atoms. The Morgan fingerprint density at radius 1 is 0.885 bits per heavy atom. The van der Waals surface area contributed by atoms with Gasteiger partial charge in [0.15, 0.2) is 0 Å². The van der Waals surface area contributed by atoms with Crippen molar-refractivity contribution in [3.8, 4) is 5.75 Å². The summed E-state index contributed by atoms with van der Waals surface area (Å²) in [5, 5.41) is 0. The van der Waals surface area contributed by atoms with Gasteiger partial charge in [0, 0.05) is 0 Å². The van der Waals surface area contributed by atoms with Gasteiger partial charge in [0.2, 0.25) is 0 Å². The van der Waals surface area contributed by atoms with Crippen LogP contribution in [0.3, 0.4) is 0 Å². The van der Waals surface area contributed by atoms with Gasteiger partial charge in [0.05, 0.1) is 5.92 Å². The molecule has 2 aliphatic carbocycles. The average Bonchev–Trinajstić information content (AvgIpc) is 2.69. The standard InChI is InChI=1S/C24H36O2/c1-3-5-19-8-12-22(13-9-19)24(25)26-23-16-14-21(15-17-23)20-10-6-18(4-2)7-11-20/h14-20,22H,3-13H2,1-2H3. The van der Waals surface area contributed by atoms with E-state index in [1.807, 2.05) is 12.1 Å². The van der Waals surface area contributed by atoms with Gasteiger partial charge in [-0.3, -0.25) is 4.79 Å². The molecule has 26 heavy (non-hydrogen) atoms. The van der Waals surface area contributed by atoms with Gasteiger partial charge in [-0.15, -0.1) is 0 Å². The van der Waals surface area contributed by atoms with Crippen molar-refractivity contribution in [3.05, 3.63) is 29.8 Å². The Morgan fingerprint density at radius 3 is 2.08 bits per heavy atom. The summed E-state index contributed by atoms with van der Waals surface area (Å²) in [6.07, 6.45) is 13.6. The van der Waals surface area contributed by atoms with E-state index in [4.69, 9.17) is 4.74 Å². The van der Waals surface area contributed by atoms with Gasteiger partial charge < -0.3 is 4.74 Å². The maximum absolute atomic E-state index is 12.5. The second-order valence-electron chi connectivity index (χ2n) is 8.62.